The summed E-state index contributed by atoms with van der Waals surface area (Å²) in [6, 6.07) is 0. The first kappa shape index (κ1) is 15.2. The summed E-state index contributed by atoms with van der Waals surface area (Å²) in [5.41, 5.74) is 0.750. The molecule has 2 heterocycles. The van der Waals surface area contributed by atoms with Crippen molar-refractivity contribution < 1.29 is 14.6 Å². The smallest absolute Gasteiger partial charge is 0.346 e. The highest BCUT2D eigenvalue weighted by Gasteiger charge is 2.19. The summed E-state index contributed by atoms with van der Waals surface area (Å²) >= 11 is 2.84. The number of aromatic carboxylic acids is 1. The molecule has 0 amide bonds. The maximum Gasteiger partial charge on any atom is 0.346 e. The standard InChI is InChI=1S/C13H16N2O3S2/c1-7(4-5-18-3)19-11-9-8(2)10(13(16)17)20-12(9)15-6-14-11/h6-7H,4-5H2,1-3H3,(H,16,17). The van der Waals surface area contributed by atoms with Crippen LogP contribution >= 0.6 is 23.1 Å². The number of hydrogen-bond donors (Lipinski definition) is 1. The largest absolute Gasteiger partial charge is 0.477 e. The van der Waals surface area contributed by atoms with Crippen molar-refractivity contribution in [1.29, 1.82) is 0 Å². The Bertz CT molecular complexity index is 627. The van der Waals surface area contributed by atoms with E-state index in [1.165, 1.54) is 17.7 Å². The van der Waals surface area contributed by atoms with Crippen molar-refractivity contribution in [1.82, 2.24) is 9.97 Å². The molecule has 0 saturated carbocycles. The number of methoxy groups -OCH3 is 1. The maximum atomic E-state index is 11.2. The van der Waals surface area contributed by atoms with Gasteiger partial charge in [0.05, 0.1) is 0 Å². The molecule has 0 fully saturated rings. The summed E-state index contributed by atoms with van der Waals surface area (Å²) < 4.78 is 5.08. The summed E-state index contributed by atoms with van der Waals surface area (Å²) in [7, 11) is 1.68. The Kier molecular flexibility index (Phi) is 4.95. The Morgan fingerprint density at radius 1 is 1.55 bits per heavy atom. The second-order valence-electron chi connectivity index (χ2n) is 4.43. The van der Waals surface area contributed by atoms with E-state index in [1.54, 1.807) is 18.9 Å². The minimum Gasteiger partial charge on any atom is -0.477 e. The zero-order valence-corrected chi connectivity index (χ0v) is 13.2. The number of carboxylic acid groups (broad SMARTS) is 1. The van der Waals surface area contributed by atoms with Crippen molar-refractivity contribution in [2.24, 2.45) is 0 Å². The van der Waals surface area contributed by atoms with Crippen LogP contribution in [0.4, 0.5) is 0 Å². The van der Waals surface area contributed by atoms with E-state index < -0.39 is 5.97 Å². The second kappa shape index (κ2) is 6.51. The molecule has 5 nitrogen and oxygen atoms in total. The summed E-state index contributed by atoms with van der Waals surface area (Å²) in [6.07, 6.45) is 2.41. The number of ether oxygens (including phenoxy) is 1. The van der Waals surface area contributed by atoms with E-state index in [0.29, 0.717) is 16.7 Å². The van der Waals surface area contributed by atoms with Gasteiger partial charge in [-0.25, -0.2) is 14.8 Å². The average Bonchev–Trinajstić information content (AvgIpc) is 2.75. The normalized spacial score (nSPS) is 12.8. The van der Waals surface area contributed by atoms with E-state index in [2.05, 4.69) is 16.9 Å². The molecule has 20 heavy (non-hydrogen) atoms. The van der Waals surface area contributed by atoms with Crippen LogP contribution in [0.25, 0.3) is 10.2 Å². The number of carboxylic acids is 1. The molecule has 108 valence electrons. The molecule has 0 aliphatic heterocycles. The molecular weight excluding hydrogens is 296 g/mol. The molecule has 0 saturated heterocycles. The Morgan fingerprint density at radius 2 is 2.30 bits per heavy atom. The lowest BCUT2D eigenvalue weighted by atomic mass is 10.2. The van der Waals surface area contributed by atoms with Gasteiger partial charge >= 0.3 is 5.97 Å². The third-order valence-electron chi connectivity index (χ3n) is 2.93. The average molecular weight is 312 g/mol. The molecule has 0 spiro atoms. The molecule has 0 aliphatic rings. The van der Waals surface area contributed by atoms with Crippen molar-refractivity contribution in [3.63, 3.8) is 0 Å². The summed E-state index contributed by atoms with van der Waals surface area (Å²) in [4.78, 5) is 20.8. The Morgan fingerprint density at radius 3 is 2.95 bits per heavy atom. The molecule has 0 aliphatic carbocycles. The van der Waals surface area contributed by atoms with Gasteiger partial charge in [0.25, 0.3) is 0 Å². The lowest BCUT2D eigenvalue weighted by Crippen LogP contribution is -2.02. The highest BCUT2D eigenvalue weighted by molar-refractivity contribution is 8.00. The molecule has 0 radical (unpaired) electrons. The molecule has 1 unspecified atom stereocenters. The number of thioether (sulfide) groups is 1. The van der Waals surface area contributed by atoms with Crippen LogP contribution in [-0.4, -0.2) is 40.0 Å². The summed E-state index contributed by atoms with van der Waals surface area (Å²) in [5, 5.41) is 11.3. The van der Waals surface area contributed by atoms with Crippen LogP contribution in [0.1, 0.15) is 28.6 Å². The summed E-state index contributed by atoms with van der Waals surface area (Å²) in [5.74, 6) is -0.908. The van der Waals surface area contributed by atoms with E-state index in [1.807, 2.05) is 6.92 Å². The first-order valence-electron chi connectivity index (χ1n) is 6.17. The van der Waals surface area contributed by atoms with Crippen LogP contribution in [0.5, 0.6) is 0 Å². The third-order valence-corrected chi connectivity index (χ3v) is 5.29. The molecule has 0 bridgehead atoms. The molecule has 1 atom stereocenters. The van der Waals surface area contributed by atoms with Crippen LogP contribution < -0.4 is 0 Å². The predicted octanol–water partition coefficient (Wildman–Crippen LogP) is 3.22. The second-order valence-corrected chi connectivity index (χ2v) is 6.86. The van der Waals surface area contributed by atoms with Gasteiger partial charge in [0.1, 0.15) is 21.1 Å². The van der Waals surface area contributed by atoms with Gasteiger partial charge in [-0.2, -0.15) is 0 Å². The van der Waals surface area contributed by atoms with Crippen molar-refractivity contribution in [3.05, 3.63) is 16.8 Å². The number of carbonyl (C=O) groups is 1. The van der Waals surface area contributed by atoms with Crippen molar-refractivity contribution in [2.45, 2.75) is 30.5 Å². The minimum atomic E-state index is -0.908. The highest BCUT2D eigenvalue weighted by Crippen LogP contribution is 2.36. The van der Waals surface area contributed by atoms with E-state index in [0.717, 1.165) is 27.2 Å². The van der Waals surface area contributed by atoms with Gasteiger partial charge in [0, 0.05) is 24.4 Å². The van der Waals surface area contributed by atoms with E-state index in [4.69, 9.17) is 4.74 Å². The van der Waals surface area contributed by atoms with Crippen LogP contribution in [0.3, 0.4) is 0 Å². The number of aromatic nitrogens is 2. The van der Waals surface area contributed by atoms with Gasteiger partial charge in [-0.1, -0.05) is 6.92 Å². The van der Waals surface area contributed by atoms with Gasteiger partial charge in [0.15, 0.2) is 0 Å². The predicted molar refractivity (Wildman–Crippen MR) is 80.9 cm³/mol. The van der Waals surface area contributed by atoms with Crippen LogP contribution in [0.2, 0.25) is 0 Å². The first-order chi connectivity index (χ1) is 9.54. The fourth-order valence-corrected chi connectivity index (χ4v) is 3.99. The van der Waals surface area contributed by atoms with Gasteiger partial charge in [0.2, 0.25) is 0 Å². The number of rotatable bonds is 6. The quantitative estimate of drug-likeness (QED) is 0.652. The minimum absolute atomic E-state index is 0.340. The first-order valence-corrected chi connectivity index (χ1v) is 7.87. The van der Waals surface area contributed by atoms with Crippen LogP contribution in [0, 0.1) is 6.92 Å². The number of thiophene rings is 1. The molecule has 2 aromatic rings. The van der Waals surface area contributed by atoms with E-state index in [9.17, 15) is 9.90 Å². The van der Waals surface area contributed by atoms with Crippen molar-refractivity contribution in [2.75, 3.05) is 13.7 Å². The van der Waals surface area contributed by atoms with Crippen LogP contribution in [0.15, 0.2) is 11.4 Å². The van der Waals surface area contributed by atoms with Gasteiger partial charge < -0.3 is 9.84 Å². The third kappa shape index (κ3) is 3.11. The number of fused-ring (bicyclic) bond motifs is 1. The molecule has 1 N–H and O–H groups in total. The summed E-state index contributed by atoms with van der Waals surface area (Å²) in [6.45, 7) is 4.62. The van der Waals surface area contributed by atoms with Crippen molar-refractivity contribution >= 4 is 39.3 Å². The van der Waals surface area contributed by atoms with E-state index >= 15 is 0 Å². The Labute approximate surface area is 125 Å². The lowest BCUT2D eigenvalue weighted by Gasteiger charge is -2.10. The number of nitrogens with zero attached hydrogens (tertiary/aromatic N) is 2. The monoisotopic (exact) mass is 312 g/mol. The molecule has 2 rings (SSSR count). The zero-order valence-electron chi connectivity index (χ0n) is 11.5. The number of aryl methyl sites for hydroxylation is 1. The lowest BCUT2D eigenvalue weighted by molar-refractivity contribution is 0.0701. The fourth-order valence-electron chi connectivity index (χ4n) is 1.87. The Hall–Kier alpha value is -1.18. The van der Waals surface area contributed by atoms with Crippen molar-refractivity contribution in [3.8, 4) is 0 Å². The highest BCUT2D eigenvalue weighted by atomic mass is 32.2. The van der Waals surface area contributed by atoms with Gasteiger partial charge in [-0.3, -0.25) is 0 Å². The Balaban J connectivity index is 2.36. The van der Waals surface area contributed by atoms with Gasteiger partial charge in [-0.15, -0.1) is 23.1 Å². The topological polar surface area (TPSA) is 72.3 Å². The maximum absolute atomic E-state index is 11.2. The van der Waals surface area contributed by atoms with Gasteiger partial charge in [-0.05, 0) is 18.9 Å². The SMILES string of the molecule is COCCC(C)Sc1ncnc2sc(C(=O)O)c(C)c12. The zero-order chi connectivity index (χ0) is 14.7. The van der Waals surface area contributed by atoms with E-state index in [-0.39, 0.29) is 0 Å². The molecule has 0 aromatic carbocycles. The van der Waals surface area contributed by atoms with Crippen LogP contribution in [-0.2, 0) is 4.74 Å². The molecule has 2 aromatic heterocycles. The molecular formula is C13H16N2O3S2. The molecule has 7 heteroatoms. The fraction of sp³-hybridized carbons (Fsp3) is 0.462. The number of hydrogen-bond acceptors (Lipinski definition) is 6.